The Hall–Kier alpha value is -7.74. The molecule has 13 rings (SSSR count). The first kappa shape index (κ1) is 40.5. The second-order valence-electron chi connectivity index (χ2n) is 20.5. The number of allylic oxidation sites excluding steroid dienone is 4. The lowest BCUT2D eigenvalue weighted by Crippen LogP contribution is -2.51. The van der Waals surface area contributed by atoms with Crippen molar-refractivity contribution in [3.05, 3.63) is 270 Å². The molecule has 0 N–H and O–H groups in total. The molecule has 326 valence electrons. The van der Waals surface area contributed by atoms with E-state index in [0.29, 0.717) is 5.92 Å². The third-order valence-electron chi connectivity index (χ3n) is 16.3. The Balaban J connectivity index is 0.860. The largest absolute Gasteiger partial charge is 0.310 e. The van der Waals surface area contributed by atoms with Crippen molar-refractivity contribution in [2.24, 2.45) is 11.8 Å². The Kier molecular flexibility index (Phi) is 9.02. The fourth-order valence-corrected chi connectivity index (χ4v) is 13.0. The summed E-state index contributed by atoms with van der Waals surface area (Å²) in [4.78, 5) is 2.41. The first-order valence-electron chi connectivity index (χ1n) is 24.3. The third kappa shape index (κ3) is 5.88. The molecule has 0 saturated heterocycles. The van der Waals surface area contributed by atoms with Crippen LogP contribution < -0.4 is 4.90 Å². The predicted molar refractivity (Wildman–Crippen MR) is 285 cm³/mol. The van der Waals surface area contributed by atoms with Crippen LogP contribution in [0.5, 0.6) is 0 Å². The van der Waals surface area contributed by atoms with Gasteiger partial charge < -0.3 is 4.90 Å². The van der Waals surface area contributed by atoms with E-state index in [4.69, 9.17) is 0 Å². The van der Waals surface area contributed by atoms with Gasteiger partial charge in [0.2, 0.25) is 0 Å². The van der Waals surface area contributed by atoms with Gasteiger partial charge in [0, 0.05) is 28.4 Å². The monoisotopic (exact) mass is 871 g/mol. The Labute approximate surface area is 401 Å². The molecular weight excluding hydrogens is 819 g/mol. The maximum atomic E-state index is 2.53. The van der Waals surface area contributed by atoms with E-state index in [2.05, 4.69) is 269 Å². The Morgan fingerprint density at radius 3 is 1.38 bits per heavy atom. The zero-order valence-electron chi connectivity index (χ0n) is 39.1. The van der Waals surface area contributed by atoms with Crippen molar-refractivity contribution < 1.29 is 0 Å². The van der Waals surface area contributed by atoms with Crippen LogP contribution in [0.3, 0.4) is 0 Å². The van der Waals surface area contributed by atoms with Crippen LogP contribution in [-0.2, 0) is 16.2 Å². The minimum Gasteiger partial charge on any atom is -0.310 e. The Morgan fingerprint density at radius 2 is 0.735 bits per heavy atom. The molecule has 0 radical (unpaired) electrons. The van der Waals surface area contributed by atoms with Crippen LogP contribution in [-0.4, -0.2) is 0 Å². The van der Waals surface area contributed by atoms with Crippen molar-refractivity contribution in [2.45, 2.75) is 43.9 Å². The van der Waals surface area contributed by atoms with Gasteiger partial charge in [0.1, 0.15) is 0 Å². The molecule has 0 saturated carbocycles. The summed E-state index contributed by atoms with van der Waals surface area (Å²) < 4.78 is 0. The van der Waals surface area contributed by atoms with Crippen LogP contribution in [0.1, 0.15) is 61.1 Å². The topological polar surface area (TPSA) is 3.24 Å². The smallest absolute Gasteiger partial charge is 0.0535 e. The molecule has 1 heteroatoms. The van der Waals surface area contributed by atoms with Crippen LogP contribution in [0.2, 0.25) is 0 Å². The van der Waals surface area contributed by atoms with Gasteiger partial charge in [-0.05, 0) is 143 Å². The molecule has 0 aromatic heterocycles. The number of nitrogens with zero attached hydrogens (tertiary/aromatic N) is 1. The average molecular weight is 872 g/mol. The molecule has 0 heterocycles. The molecule has 0 bridgehead atoms. The molecule has 9 aromatic carbocycles. The van der Waals surface area contributed by atoms with E-state index in [-0.39, 0.29) is 22.2 Å². The van der Waals surface area contributed by atoms with Crippen LogP contribution in [0.4, 0.5) is 17.1 Å². The van der Waals surface area contributed by atoms with E-state index in [1.807, 2.05) is 0 Å². The van der Waals surface area contributed by atoms with Crippen molar-refractivity contribution >= 4 is 17.1 Å². The summed E-state index contributed by atoms with van der Waals surface area (Å²) in [6, 6.07) is 79.7. The van der Waals surface area contributed by atoms with Crippen LogP contribution >= 0.6 is 0 Å². The average Bonchev–Trinajstić information content (AvgIpc) is 3.81. The zero-order chi connectivity index (χ0) is 45.8. The van der Waals surface area contributed by atoms with Crippen molar-refractivity contribution in [3.8, 4) is 55.6 Å². The summed E-state index contributed by atoms with van der Waals surface area (Å²) in [7, 11) is 0. The number of hydrogen-bond donors (Lipinski definition) is 0. The van der Waals surface area contributed by atoms with E-state index in [1.54, 1.807) is 0 Å². The van der Waals surface area contributed by atoms with Crippen LogP contribution in [0.25, 0.3) is 55.6 Å². The SMILES string of the molecule is CC1(C)c2ccccc2-c2ccc(N(c3ccc(-c4ccccc4)cc3)c3ccc(-c4ccc(-c5ccc6c(c5)C5(c7ccccc7-6)c6ccccc6C(C)(C)C6C=CC=CC65)cc4)cc3)cc21. The van der Waals surface area contributed by atoms with Gasteiger partial charge in [0.25, 0.3) is 0 Å². The van der Waals surface area contributed by atoms with Gasteiger partial charge >= 0.3 is 0 Å². The summed E-state index contributed by atoms with van der Waals surface area (Å²) in [5.74, 6) is 0.651. The summed E-state index contributed by atoms with van der Waals surface area (Å²) >= 11 is 0. The Bertz CT molecular complexity index is 3490. The van der Waals surface area contributed by atoms with Gasteiger partial charge in [-0.1, -0.05) is 222 Å². The third-order valence-corrected chi connectivity index (χ3v) is 16.3. The highest BCUT2D eigenvalue weighted by Gasteiger charge is 2.58. The highest BCUT2D eigenvalue weighted by atomic mass is 15.1. The van der Waals surface area contributed by atoms with Crippen molar-refractivity contribution in [1.82, 2.24) is 0 Å². The lowest BCUT2D eigenvalue weighted by molar-refractivity contribution is 0.219. The lowest BCUT2D eigenvalue weighted by Gasteiger charge is -2.54. The van der Waals surface area contributed by atoms with Gasteiger partial charge in [-0.15, -0.1) is 0 Å². The molecule has 3 unspecified atom stereocenters. The molecule has 0 fully saturated rings. The second-order valence-corrected chi connectivity index (χ2v) is 20.5. The van der Waals surface area contributed by atoms with E-state index in [1.165, 1.54) is 89.0 Å². The van der Waals surface area contributed by atoms with Gasteiger partial charge in [0.05, 0.1) is 5.41 Å². The minimum absolute atomic E-state index is 0.00443. The van der Waals surface area contributed by atoms with E-state index >= 15 is 0 Å². The minimum atomic E-state index is -0.291. The molecule has 1 spiro atoms. The molecular formula is C67H53N. The molecule has 9 aromatic rings. The van der Waals surface area contributed by atoms with E-state index < -0.39 is 0 Å². The normalized spacial score (nSPS) is 19.4. The number of rotatable bonds is 6. The quantitative estimate of drug-likeness (QED) is 0.161. The molecule has 68 heavy (non-hydrogen) atoms. The first-order chi connectivity index (χ1) is 33.2. The fourth-order valence-electron chi connectivity index (χ4n) is 13.0. The summed E-state index contributed by atoms with van der Waals surface area (Å²) in [5, 5.41) is 0. The highest BCUT2D eigenvalue weighted by molar-refractivity contribution is 5.89. The van der Waals surface area contributed by atoms with Gasteiger partial charge in [-0.2, -0.15) is 0 Å². The summed E-state index contributed by atoms with van der Waals surface area (Å²) in [6.45, 7) is 9.61. The molecule has 0 amide bonds. The molecule has 3 atom stereocenters. The molecule has 0 aliphatic heterocycles. The molecule has 4 aliphatic rings. The zero-order valence-corrected chi connectivity index (χ0v) is 39.1. The number of hydrogen-bond acceptors (Lipinski definition) is 1. The van der Waals surface area contributed by atoms with Gasteiger partial charge in [-0.3, -0.25) is 0 Å². The number of anilines is 3. The van der Waals surface area contributed by atoms with Crippen molar-refractivity contribution in [3.63, 3.8) is 0 Å². The summed E-state index contributed by atoms with van der Waals surface area (Å²) in [5.41, 5.74) is 24.2. The molecule has 4 aliphatic carbocycles. The van der Waals surface area contributed by atoms with Gasteiger partial charge in [0.15, 0.2) is 0 Å². The Morgan fingerprint density at radius 1 is 0.309 bits per heavy atom. The van der Waals surface area contributed by atoms with Gasteiger partial charge in [-0.25, -0.2) is 0 Å². The van der Waals surface area contributed by atoms with E-state index in [0.717, 1.165) is 17.1 Å². The highest BCUT2D eigenvalue weighted by Crippen LogP contribution is 2.65. The number of benzene rings is 9. The van der Waals surface area contributed by atoms with Crippen LogP contribution in [0.15, 0.2) is 237 Å². The van der Waals surface area contributed by atoms with E-state index in [9.17, 15) is 0 Å². The number of fused-ring (bicyclic) bond motifs is 12. The standard InChI is InChI=1S/C67H53N/c1-65(2)57-20-10-8-18-53(57)55-41-39-52(43-63(55)65)68(50-35-30-46(31-36-50)44-16-6-5-7-17-44)51-37-32-47(33-38-51)45-26-28-48(29-27-45)49-34-40-56-54-19-9-11-21-58(54)67(64(56)42-49)61-24-14-12-22-59(61)66(3,4)60-23-13-15-25-62(60)67/h5-43,59,61H,1-4H3. The lowest BCUT2D eigenvalue weighted by atomic mass is 9.48. The maximum Gasteiger partial charge on any atom is 0.0535 e. The van der Waals surface area contributed by atoms with Crippen molar-refractivity contribution in [1.29, 1.82) is 0 Å². The second kappa shape index (κ2) is 15.1. The predicted octanol–water partition coefficient (Wildman–Crippen LogP) is 17.4. The fraction of sp³-hybridized carbons (Fsp3) is 0.134. The van der Waals surface area contributed by atoms with Crippen molar-refractivity contribution in [2.75, 3.05) is 4.90 Å². The molecule has 1 nitrogen and oxygen atoms in total. The first-order valence-corrected chi connectivity index (χ1v) is 24.3. The summed E-state index contributed by atoms with van der Waals surface area (Å²) in [6.07, 6.45) is 9.54. The maximum absolute atomic E-state index is 2.53. The van der Waals surface area contributed by atoms with Crippen LogP contribution in [0, 0.1) is 11.8 Å².